The van der Waals surface area contributed by atoms with Gasteiger partial charge in [-0.3, -0.25) is 0 Å². The summed E-state index contributed by atoms with van der Waals surface area (Å²) in [5.41, 5.74) is 1.91. The molecule has 1 aliphatic carbocycles. The van der Waals surface area contributed by atoms with Crippen LogP contribution in [0.15, 0.2) is 5.38 Å². The molecule has 1 aliphatic rings. The molecular weight excluding hydrogens is 252 g/mol. The Morgan fingerprint density at radius 3 is 2.47 bits per heavy atom. The molecule has 0 spiro atoms. The van der Waals surface area contributed by atoms with E-state index in [0.29, 0.717) is 11.5 Å². The first kappa shape index (κ1) is 15.0. The zero-order valence-electron chi connectivity index (χ0n) is 13.0. The van der Waals surface area contributed by atoms with E-state index in [4.69, 9.17) is 4.98 Å². The molecule has 0 atom stereocenters. The summed E-state index contributed by atoms with van der Waals surface area (Å²) < 4.78 is 0. The van der Waals surface area contributed by atoms with Gasteiger partial charge in [0.25, 0.3) is 0 Å². The van der Waals surface area contributed by atoms with Crippen LogP contribution in [0, 0.1) is 5.41 Å². The highest BCUT2D eigenvalue weighted by atomic mass is 32.1. The summed E-state index contributed by atoms with van der Waals surface area (Å²) in [6.07, 6.45) is 5.26. The third-order valence-corrected chi connectivity index (χ3v) is 4.99. The molecule has 1 aromatic heterocycles. The van der Waals surface area contributed by atoms with Gasteiger partial charge in [-0.25, -0.2) is 4.98 Å². The lowest BCUT2D eigenvalue weighted by Crippen LogP contribution is -2.43. The molecule has 0 amide bonds. The third kappa shape index (κ3) is 3.79. The maximum Gasteiger partial charge on any atom is 0.0934 e. The lowest BCUT2D eigenvalue weighted by Gasteiger charge is -2.42. The van der Waals surface area contributed by atoms with Crippen LogP contribution in [0.1, 0.15) is 64.6 Å². The second-order valence-electron chi connectivity index (χ2n) is 7.44. The SMILES string of the molecule is CC(C)NCC1(Cc2nc(C(C)(C)C)cs2)CCC1. The third-order valence-electron chi connectivity index (χ3n) is 4.15. The number of aromatic nitrogens is 1. The maximum atomic E-state index is 4.87. The first-order chi connectivity index (χ1) is 8.81. The predicted octanol–water partition coefficient (Wildman–Crippen LogP) is 4.15. The molecular formula is C16H28N2S. The van der Waals surface area contributed by atoms with Gasteiger partial charge < -0.3 is 5.32 Å². The van der Waals surface area contributed by atoms with Crippen LogP contribution in [-0.4, -0.2) is 17.6 Å². The molecule has 0 unspecified atom stereocenters. The second kappa shape index (κ2) is 5.53. The van der Waals surface area contributed by atoms with Gasteiger partial charge in [0.05, 0.1) is 10.7 Å². The number of nitrogens with one attached hydrogen (secondary N) is 1. The Bertz CT molecular complexity index is 411. The van der Waals surface area contributed by atoms with Gasteiger partial charge in [0, 0.05) is 29.8 Å². The molecule has 0 radical (unpaired) electrons. The minimum absolute atomic E-state index is 0.178. The summed E-state index contributed by atoms with van der Waals surface area (Å²) in [4.78, 5) is 4.87. The van der Waals surface area contributed by atoms with E-state index in [-0.39, 0.29) is 5.41 Å². The van der Waals surface area contributed by atoms with Gasteiger partial charge in [-0.2, -0.15) is 0 Å². The van der Waals surface area contributed by atoms with E-state index in [1.807, 2.05) is 11.3 Å². The fraction of sp³-hybridized carbons (Fsp3) is 0.812. The van der Waals surface area contributed by atoms with Crippen LogP contribution in [0.5, 0.6) is 0 Å². The largest absolute Gasteiger partial charge is 0.314 e. The van der Waals surface area contributed by atoms with E-state index in [0.717, 1.165) is 13.0 Å². The molecule has 0 bridgehead atoms. The van der Waals surface area contributed by atoms with E-state index in [2.05, 4.69) is 45.3 Å². The zero-order chi connectivity index (χ0) is 14.1. The standard InChI is InChI=1S/C16H28N2S/c1-12(2)17-11-16(7-6-8-16)9-14-18-13(10-19-14)15(3,4)5/h10,12,17H,6-9,11H2,1-5H3. The van der Waals surface area contributed by atoms with Crippen molar-refractivity contribution in [3.05, 3.63) is 16.1 Å². The number of thiazole rings is 1. The Kier molecular flexibility index (Phi) is 4.36. The molecule has 1 saturated carbocycles. The summed E-state index contributed by atoms with van der Waals surface area (Å²) in [6, 6.07) is 0.582. The van der Waals surface area contributed by atoms with Crippen LogP contribution in [0.2, 0.25) is 0 Å². The minimum atomic E-state index is 0.178. The summed E-state index contributed by atoms with van der Waals surface area (Å²) in [6.45, 7) is 12.3. The van der Waals surface area contributed by atoms with E-state index >= 15 is 0 Å². The predicted molar refractivity (Wildman–Crippen MR) is 83.9 cm³/mol. The molecule has 0 saturated heterocycles. The van der Waals surface area contributed by atoms with Crippen molar-refractivity contribution in [1.82, 2.24) is 10.3 Å². The molecule has 19 heavy (non-hydrogen) atoms. The van der Waals surface area contributed by atoms with Crippen molar-refractivity contribution in [2.45, 2.75) is 71.8 Å². The van der Waals surface area contributed by atoms with Gasteiger partial charge in [0.2, 0.25) is 0 Å². The van der Waals surface area contributed by atoms with E-state index in [1.54, 1.807) is 0 Å². The second-order valence-corrected chi connectivity index (χ2v) is 8.39. The maximum absolute atomic E-state index is 4.87. The molecule has 1 aromatic rings. The highest BCUT2D eigenvalue weighted by molar-refractivity contribution is 7.09. The van der Waals surface area contributed by atoms with Crippen LogP contribution in [-0.2, 0) is 11.8 Å². The van der Waals surface area contributed by atoms with Gasteiger partial charge in [0.1, 0.15) is 0 Å². The molecule has 0 aromatic carbocycles. The molecule has 1 heterocycles. The zero-order valence-corrected chi connectivity index (χ0v) is 13.9. The summed E-state index contributed by atoms with van der Waals surface area (Å²) >= 11 is 1.85. The van der Waals surface area contributed by atoms with Crippen molar-refractivity contribution in [2.75, 3.05) is 6.54 Å². The molecule has 108 valence electrons. The Morgan fingerprint density at radius 2 is 2.05 bits per heavy atom. The van der Waals surface area contributed by atoms with Gasteiger partial charge in [-0.05, 0) is 18.3 Å². The van der Waals surface area contributed by atoms with Crippen LogP contribution >= 0.6 is 11.3 Å². The van der Waals surface area contributed by atoms with E-state index < -0.39 is 0 Å². The van der Waals surface area contributed by atoms with Crippen LogP contribution in [0.4, 0.5) is 0 Å². The fourth-order valence-corrected chi connectivity index (χ4v) is 3.77. The summed E-state index contributed by atoms with van der Waals surface area (Å²) in [5.74, 6) is 0. The number of hydrogen-bond acceptors (Lipinski definition) is 3. The van der Waals surface area contributed by atoms with Crippen LogP contribution < -0.4 is 5.32 Å². The molecule has 3 heteroatoms. The Balaban J connectivity index is 2.00. The Morgan fingerprint density at radius 1 is 1.37 bits per heavy atom. The molecule has 2 nitrogen and oxygen atoms in total. The topological polar surface area (TPSA) is 24.9 Å². The number of rotatable bonds is 5. The summed E-state index contributed by atoms with van der Waals surface area (Å²) in [5, 5.41) is 7.20. The van der Waals surface area contributed by atoms with E-state index in [1.165, 1.54) is 30.0 Å². The lowest BCUT2D eigenvalue weighted by molar-refractivity contribution is 0.126. The number of hydrogen-bond donors (Lipinski definition) is 1. The Hall–Kier alpha value is -0.410. The Labute approximate surface area is 122 Å². The van der Waals surface area contributed by atoms with Crippen molar-refractivity contribution in [3.63, 3.8) is 0 Å². The lowest BCUT2D eigenvalue weighted by atomic mass is 9.66. The molecule has 0 aliphatic heterocycles. The average molecular weight is 280 g/mol. The minimum Gasteiger partial charge on any atom is -0.314 e. The highest BCUT2D eigenvalue weighted by Crippen LogP contribution is 2.44. The first-order valence-electron chi connectivity index (χ1n) is 7.49. The first-order valence-corrected chi connectivity index (χ1v) is 8.37. The van der Waals surface area contributed by atoms with Crippen LogP contribution in [0.25, 0.3) is 0 Å². The van der Waals surface area contributed by atoms with Crippen molar-refractivity contribution in [1.29, 1.82) is 0 Å². The van der Waals surface area contributed by atoms with Crippen molar-refractivity contribution in [2.24, 2.45) is 5.41 Å². The molecule has 1 N–H and O–H groups in total. The normalized spacial score (nSPS) is 18.6. The number of nitrogens with zero attached hydrogens (tertiary/aromatic N) is 1. The summed E-state index contributed by atoms with van der Waals surface area (Å²) in [7, 11) is 0. The molecule has 2 rings (SSSR count). The van der Waals surface area contributed by atoms with E-state index in [9.17, 15) is 0 Å². The van der Waals surface area contributed by atoms with Gasteiger partial charge in [-0.15, -0.1) is 11.3 Å². The molecule has 1 fully saturated rings. The van der Waals surface area contributed by atoms with Gasteiger partial charge in [-0.1, -0.05) is 41.0 Å². The van der Waals surface area contributed by atoms with Crippen molar-refractivity contribution < 1.29 is 0 Å². The fourth-order valence-electron chi connectivity index (χ4n) is 2.57. The van der Waals surface area contributed by atoms with Gasteiger partial charge >= 0.3 is 0 Å². The van der Waals surface area contributed by atoms with Crippen molar-refractivity contribution in [3.8, 4) is 0 Å². The smallest absolute Gasteiger partial charge is 0.0934 e. The van der Waals surface area contributed by atoms with Gasteiger partial charge in [0.15, 0.2) is 0 Å². The highest BCUT2D eigenvalue weighted by Gasteiger charge is 2.37. The van der Waals surface area contributed by atoms with Crippen LogP contribution in [0.3, 0.4) is 0 Å². The quantitative estimate of drug-likeness (QED) is 0.876. The van der Waals surface area contributed by atoms with Crippen molar-refractivity contribution >= 4 is 11.3 Å². The monoisotopic (exact) mass is 280 g/mol. The average Bonchev–Trinajstić information content (AvgIpc) is 2.69.